The summed E-state index contributed by atoms with van der Waals surface area (Å²) in [6.45, 7) is 5.01. The van der Waals surface area contributed by atoms with Gasteiger partial charge in [0.2, 0.25) is 5.91 Å². The summed E-state index contributed by atoms with van der Waals surface area (Å²) >= 11 is 0. The number of carbonyl (C=O) groups excluding carboxylic acids is 2. The lowest BCUT2D eigenvalue weighted by molar-refractivity contribution is -0.143. The van der Waals surface area contributed by atoms with E-state index in [0.29, 0.717) is 44.5 Å². The van der Waals surface area contributed by atoms with Crippen molar-refractivity contribution < 1.29 is 35.9 Å². The molecule has 1 aromatic rings. The first-order valence-electron chi connectivity index (χ1n) is 9.63. The number of amides is 2. The number of benzene rings is 1. The Morgan fingerprint density at radius 3 is 1.93 bits per heavy atom. The molecular formula is C20H24F6N2O2. The standard InChI is InChI=1S/C20H24F6N2O2/c1-12(2)7-17(29)28-5-3-13(4-6-28)11-27-18(30)14-8-15(19(21,22)23)10-16(9-14)20(24,25)26/h8-10,12-13H,3-7,11H2,1-2H3,(H,27,30). The van der Waals surface area contributed by atoms with Crippen LogP contribution in [0.1, 0.15) is 54.6 Å². The third kappa shape index (κ3) is 6.63. The number of hydrogen-bond acceptors (Lipinski definition) is 2. The molecule has 1 saturated heterocycles. The molecule has 0 aliphatic carbocycles. The van der Waals surface area contributed by atoms with E-state index >= 15 is 0 Å². The zero-order valence-corrected chi connectivity index (χ0v) is 16.7. The van der Waals surface area contributed by atoms with Gasteiger partial charge in [-0.05, 0) is 42.9 Å². The Labute approximate surface area is 170 Å². The molecule has 30 heavy (non-hydrogen) atoms. The molecule has 2 rings (SSSR count). The first-order valence-corrected chi connectivity index (χ1v) is 9.63. The normalized spacial score (nSPS) is 16.1. The van der Waals surface area contributed by atoms with Crippen LogP contribution < -0.4 is 5.32 Å². The second-order valence-electron chi connectivity index (χ2n) is 7.93. The van der Waals surface area contributed by atoms with Crippen LogP contribution in [0.25, 0.3) is 0 Å². The van der Waals surface area contributed by atoms with Crippen LogP contribution in [0.4, 0.5) is 26.3 Å². The Hall–Kier alpha value is -2.26. The van der Waals surface area contributed by atoms with Crippen LogP contribution in [0.15, 0.2) is 18.2 Å². The lowest BCUT2D eigenvalue weighted by Gasteiger charge is -2.32. The molecule has 168 valence electrons. The highest BCUT2D eigenvalue weighted by molar-refractivity contribution is 5.94. The molecular weight excluding hydrogens is 414 g/mol. The molecule has 0 radical (unpaired) electrons. The van der Waals surface area contributed by atoms with Crippen LogP contribution in [0.3, 0.4) is 0 Å². The van der Waals surface area contributed by atoms with E-state index in [2.05, 4.69) is 5.32 Å². The van der Waals surface area contributed by atoms with Gasteiger partial charge in [0.15, 0.2) is 0 Å². The molecule has 2 amide bonds. The lowest BCUT2D eigenvalue weighted by atomic mass is 9.95. The summed E-state index contributed by atoms with van der Waals surface area (Å²) in [5, 5.41) is 2.43. The number of halogens is 6. The number of nitrogens with zero attached hydrogens (tertiary/aromatic N) is 1. The van der Waals surface area contributed by atoms with Crippen LogP contribution in [0.5, 0.6) is 0 Å². The summed E-state index contributed by atoms with van der Waals surface area (Å²) in [6, 6.07) is 0.816. The topological polar surface area (TPSA) is 49.4 Å². The van der Waals surface area contributed by atoms with Gasteiger partial charge in [-0.2, -0.15) is 26.3 Å². The van der Waals surface area contributed by atoms with E-state index in [1.165, 1.54) is 0 Å². The average molecular weight is 438 g/mol. The van der Waals surface area contributed by atoms with Crippen LogP contribution in [-0.2, 0) is 17.1 Å². The van der Waals surface area contributed by atoms with Crippen molar-refractivity contribution in [3.8, 4) is 0 Å². The van der Waals surface area contributed by atoms with Gasteiger partial charge >= 0.3 is 12.4 Å². The number of alkyl halides is 6. The highest BCUT2D eigenvalue weighted by Crippen LogP contribution is 2.36. The van der Waals surface area contributed by atoms with Crippen molar-refractivity contribution in [2.24, 2.45) is 11.8 Å². The van der Waals surface area contributed by atoms with Crippen molar-refractivity contribution in [1.82, 2.24) is 10.2 Å². The largest absolute Gasteiger partial charge is 0.416 e. The molecule has 0 spiro atoms. The SMILES string of the molecule is CC(C)CC(=O)N1CCC(CNC(=O)c2cc(C(F)(F)F)cc(C(F)(F)F)c2)CC1. The summed E-state index contributed by atoms with van der Waals surface area (Å²) in [5.41, 5.74) is -3.75. The van der Waals surface area contributed by atoms with E-state index in [4.69, 9.17) is 0 Å². The van der Waals surface area contributed by atoms with Gasteiger partial charge in [0, 0.05) is 31.6 Å². The van der Waals surface area contributed by atoms with Gasteiger partial charge in [-0.3, -0.25) is 9.59 Å². The predicted octanol–water partition coefficient (Wildman–Crippen LogP) is 4.74. The van der Waals surface area contributed by atoms with Gasteiger partial charge in [0.25, 0.3) is 5.91 Å². The average Bonchev–Trinajstić information content (AvgIpc) is 2.64. The minimum atomic E-state index is -5.01. The molecule has 1 fully saturated rings. The van der Waals surface area contributed by atoms with Gasteiger partial charge in [-0.15, -0.1) is 0 Å². The quantitative estimate of drug-likeness (QED) is 0.676. The van der Waals surface area contributed by atoms with Gasteiger partial charge in [-0.1, -0.05) is 13.8 Å². The zero-order chi connectivity index (χ0) is 22.7. The van der Waals surface area contributed by atoms with Crippen LogP contribution in [-0.4, -0.2) is 36.3 Å². The van der Waals surface area contributed by atoms with Crippen molar-refractivity contribution in [3.63, 3.8) is 0 Å². The maximum Gasteiger partial charge on any atom is 0.416 e. The van der Waals surface area contributed by atoms with Crippen LogP contribution >= 0.6 is 0 Å². The van der Waals surface area contributed by atoms with Gasteiger partial charge in [-0.25, -0.2) is 0 Å². The molecule has 1 aliphatic heterocycles. The number of likely N-dealkylation sites (tertiary alicyclic amines) is 1. The molecule has 1 heterocycles. The molecule has 4 nitrogen and oxygen atoms in total. The Kier molecular flexibility index (Phi) is 7.41. The van der Waals surface area contributed by atoms with Crippen LogP contribution in [0.2, 0.25) is 0 Å². The number of carbonyl (C=O) groups is 2. The predicted molar refractivity (Wildman–Crippen MR) is 97.5 cm³/mol. The Morgan fingerprint density at radius 1 is 1.00 bits per heavy atom. The first kappa shape index (κ1) is 24.0. The number of rotatable bonds is 5. The third-order valence-corrected chi connectivity index (χ3v) is 4.95. The van der Waals surface area contributed by atoms with Gasteiger partial charge in [0.1, 0.15) is 0 Å². The van der Waals surface area contributed by atoms with Gasteiger partial charge < -0.3 is 10.2 Å². The maximum atomic E-state index is 12.9. The van der Waals surface area contributed by atoms with Crippen molar-refractivity contribution >= 4 is 11.8 Å². The summed E-state index contributed by atoms with van der Waals surface area (Å²) in [5.74, 6) is -0.713. The van der Waals surface area contributed by atoms with Crippen molar-refractivity contribution in [2.75, 3.05) is 19.6 Å². The zero-order valence-electron chi connectivity index (χ0n) is 16.7. The molecule has 1 aliphatic rings. The second kappa shape index (κ2) is 9.26. The summed E-state index contributed by atoms with van der Waals surface area (Å²) < 4.78 is 77.6. The molecule has 10 heteroatoms. The lowest BCUT2D eigenvalue weighted by Crippen LogP contribution is -2.41. The number of hydrogen-bond donors (Lipinski definition) is 1. The third-order valence-electron chi connectivity index (χ3n) is 4.95. The minimum absolute atomic E-state index is 0.00932. The molecule has 0 bridgehead atoms. The fourth-order valence-corrected chi connectivity index (χ4v) is 3.29. The highest BCUT2D eigenvalue weighted by atomic mass is 19.4. The molecule has 0 atom stereocenters. The first-order chi connectivity index (χ1) is 13.8. The van der Waals surface area contributed by atoms with Crippen molar-refractivity contribution in [1.29, 1.82) is 0 Å². The fourth-order valence-electron chi connectivity index (χ4n) is 3.29. The van der Waals surface area contributed by atoms with E-state index in [1.54, 1.807) is 4.90 Å². The second-order valence-corrected chi connectivity index (χ2v) is 7.93. The molecule has 0 saturated carbocycles. The molecule has 0 aromatic heterocycles. The molecule has 1 N–H and O–H groups in total. The Morgan fingerprint density at radius 2 is 1.50 bits per heavy atom. The van der Waals surface area contributed by atoms with E-state index in [-0.39, 0.29) is 30.4 Å². The minimum Gasteiger partial charge on any atom is -0.352 e. The Bertz CT molecular complexity index is 733. The van der Waals surface area contributed by atoms with Gasteiger partial charge in [0.05, 0.1) is 11.1 Å². The highest BCUT2D eigenvalue weighted by Gasteiger charge is 2.37. The summed E-state index contributed by atoms with van der Waals surface area (Å²) in [7, 11) is 0. The molecule has 1 aromatic carbocycles. The van der Waals surface area contributed by atoms with E-state index in [0.717, 1.165) is 0 Å². The summed E-state index contributed by atoms with van der Waals surface area (Å²) in [6.07, 6.45) is -8.38. The van der Waals surface area contributed by atoms with E-state index in [9.17, 15) is 35.9 Å². The fraction of sp³-hybridized carbons (Fsp3) is 0.600. The smallest absolute Gasteiger partial charge is 0.352 e. The van der Waals surface area contributed by atoms with E-state index in [1.807, 2.05) is 13.8 Å². The molecule has 0 unspecified atom stereocenters. The van der Waals surface area contributed by atoms with Crippen molar-refractivity contribution in [2.45, 2.75) is 45.5 Å². The monoisotopic (exact) mass is 438 g/mol. The summed E-state index contributed by atoms with van der Waals surface area (Å²) in [4.78, 5) is 26.0. The van der Waals surface area contributed by atoms with E-state index < -0.39 is 35.0 Å². The Balaban J connectivity index is 1.99. The number of nitrogens with one attached hydrogen (secondary N) is 1. The van der Waals surface area contributed by atoms with Crippen molar-refractivity contribution in [3.05, 3.63) is 34.9 Å². The van der Waals surface area contributed by atoms with Crippen LogP contribution in [0, 0.1) is 11.8 Å². The maximum absolute atomic E-state index is 12.9. The number of piperidine rings is 1.